The molecule has 26 heavy (non-hydrogen) atoms. The molecule has 1 aliphatic heterocycles. The van der Waals surface area contributed by atoms with Crippen molar-refractivity contribution in [1.82, 2.24) is 9.80 Å². The molecule has 1 aromatic rings. The Morgan fingerprint density at radius 1 is 1.15 bits per heavy atom. The highest BCUT2D eigenvalue weighted by atomic mass is 16.6. The second-order valence-electron chi connectivity index (χ2n) is 7.26. The van der Waals surface area contributed by atoms with E-state index in [4.69, 9.17) is 15.2 Å². The van der Waals surface area contributed by atoms with Gasteiger partial charge in [0, 0.05) is 32.7 Å². The summed E-state index contributed by atoms with van der Waals surface area (Å²) in [5.41, 5.74) is 6.75. The molecule has 144 valence electrons. The zero-order valence-corrected chi connectivity index (χ0v) is 16.2. The second-order valence-corrected chi connectivity index (χ2v) is 7.26. The Labute approximate surface area is 155 Å². The summed E-state index contributed by atoms with van der Waals surface area (Å²) < 4.78 is 10.8. The summed E-state index contributed by atoms with van der Waals surface area (Å²) in [5.74, 6) is 1.39. The number of carbonyl (C=O) groups is 1. The summed E-state index contributed by atoms with van der Waals surface area (Å²) in [5, 5.41) is 0. The number of hydrogen-bond acceptors (Lipinski definition) is 4. The molecule has 1 saturated heterocycles. The highest BCUT2D eigenvalue weighted by molar-refractivity contribution is 5.78. The molecule has 1 heterocycles. The van der Waals surface area contributed by atoms with Gasteiger partial charge in [-0.2, -0.15) is 0 Å². The average molecular weight is 362 g/mol. The van der Waals surface area contributed by atoms with Crippen molar-refractivity contribution in [2.24, 2.45) is 10.7 Å². The number of carbonyl (C=O) groups excluding carboxylic acids is 1. The lowest BCUT2D eigenvalue weighted by molar-refractivity contribution is 0.0186. The molecule has 1 aliphatic rings. The Bertz CT molecular complexity index is 632. The molecule has 0 atom stereocenters. The van der Waals surface area contributed by atoms with E-state index in [1.807, 2.05) is 49.9 Å². The normalized spacial score (nSPS) is 15.8. The number of aliphatic imine (C=N–C) groups is 1. The van der Waals surface area contributed by atoms with Crippen LogP contribution in [0.3, 0.4) is 0 Å². The smallest absolute Gasteiger partial charge is 0.410 e. The second kappa shape index (κ2) is 8.78. The van der Waals surface area contributed by atoms with E-state index in [9.17, 15) is 4.79 Å². The molecule has 2 rings (SSSR count). The van der Waals surface area contributed by atoms with Gasteiger partial charge in [0.05, 0.1) is 7.11 Å². The Hall–Kier alpha value is -2.44. The van der Waals surface area contributed by atoms with Gasteiger partial charge in [0.2, 0.25) is 0 Å². The fourth-order valence-electron chi connectivity index (χ4n) is 2.75. The van der Waals surface area contributed by atoms with E-state index in [0.29, 0.717) is 38.7 Å². The van der Waals surface area contributed by atoms with Gasteiger partial charge in [-0.1, -0.05) is 18.2 Å². The van der Waals surface area contributed by atoms with Gasteiger partial charge in [-0.05, 0) is 38.8 Å². The molecular weight excluding hydrogens is 332 g/mol. The van der Waals surface area contributed by atoms with Crippen LogP contribution in [0.15, 0.2) is 29.3 Å². The van der Waals surface area contributed by atoms with Gasteiger partial charge in [0.25, 0.3) is 0 Å². The van der Waals surface area contributed by atoms with Crippen molar-refractivity contribution in [1.29, 1.82) is 0 Å². The van der Waals surface area contributed by atoms with Crippen LogP contribution in [0.25, 0.3) is 0 Å². The van der Waals surface area contributed by atoms with Crippen molar-refractivity contribution >= 4 is 12.1 Å². The van der Waals surface area contributed by atoms with E-state index in [1.165, 1.54) is 0 Å². The highest BCUT2D eigenvalue weighted by Crippen LogP contribution is 2.17. The van der Waals surface area contributed by atoms with Gasteiger partial charge in [-0.15, -0.1) is 0 Å². The van der Waals surface area contributed by atoms with E-state index in [-0.39, 0.29) is 6.09 Å². The standard InChI is InChI=1S/C19H30N4O3/c1-19(2,3)26-18(24)23-13-11-22(12-14-23)17(20)21-10-9-15-7-5-6-8-16(15)25-4/h5-8H,9-14H2,1-4H3,(H2,20,21). The van der Waals surface area contributed by atoms with Gasteiger partial charge in [-0.25, -0.2) is 4.79 Å². The third kappa shape index (κ3) is 5.82. The van der Waals surface area contributed by atoms with Crippen LogP contribution < -0.4 is 10.5 Å². The molecule has 0 radical (unpaired) electrons. The van der Waals surface area contributed by atoms with Crippen LogP contribution >= 0.6 is 0 Å². The van der Waals surface area contributed by atoms with Gasteiger partial charge < -0.3 is 25.0 Å². The topological polar surface area (TPSA) is 80.4 Å². The number of hydrogen-bond donors (Lipinski definition) is 1. The number of nitrogens with zero attached hydrogens (tertiary/aromatic N) is 3. The van der Waals surface area contributed by atoms with Gasteiger partial charge in [0.1, 0.15) is 11.4 Å². The monoisotopic (exact) mass is 362 g/mol. The molecule has 7 heteroatoms. The van der Waals surface area contributed by atoms with Gasteiger partial charge in [0.15, 0.2) is 5.96 Å². The van der Waals surface area contributed by atoms with E-state index < -0.39 is 5.60 Å². The van der Waals surface area contributed by atoms with E-state index in [2.05, 4.69) is 4.99 Å². The van der Waals surface area contributed by atoms with Crippen LogP contribution in [0.4, 0.5) is 4.79 Å². The average Bonchev–Trinajstić information content (AvgIpc) is 2.60. The minimum atomic E-state index is -0.479. The molecule has 1 aromatic carbocycles. The lowest BCUT2D eigenvalue weighted by atomic mass is 10.1. The first kappa shape index (κ1) is 19.9. The van der Waals surface area contributed by atoms with Crippen LogP contribution in [0, 0.1) is 0 Å². The van der Waals surface area contributed by atoms with Crippen molar-refractivity contribution in [3.63, 3.8) is 0 Å². The lowest BCUT2D eigenvalue weighted by Crippen LogP contribution is -2.53. The van der Waals surface area contributed by atoms with Crippen LogP contribution in [0.2, 0.25) is 0 Å². The van der Waals surface area contributed by atoms with E-state index in [1.54, 1.807) is 12.0 Å². The summed E-state index contributed by atoms with van der Waals surface area (Å²) in [6.07, 6.45) is 0.492. The first-order valence-corrected chi connectivity index (χ1v) is 8.95. The fourth-order valence-corrected chi connectivity index (χ4v) is 2.75. The molecule has 0 aromatic heterocycles. The van der Waals surface area contributed by atoms with Crippen LogP contribution in [-0.4, -0.2) is 67.3 Å². The lowest BCUT2D eigenvalue weighted by Gasteiger charge is -2.36. The molecule has 0 aliphatic carbocycles. The molecule has 0 saturated carbocycles. The highest BCUT2D eigenvalue weighted by Gasteiger charge is 2.26. The zero-order chi connectivity index (χ0) is 19.2. The van der Waals surface area contributed by atoms with E-state index in [0.717, 1.165) is 17.7 Å². The summed E-state index contributed by atoms with van der Waals surface area (Å²) in [4.78, 5) is 20.3. The molecule has 7 nitrogen and oxygen atoms in total. The Balaban J connectivity index is 1.81. The van der Waals surface area contributed by atoms with Crippen LogP contribution in [-0.2, 0) is 11.2 Å². The minimum absolute atomic E-state index is 0.274. The molecular formula is C19H30N4O3. The molecule has 1 fully saturated rings. The minimum Gasteiger partial charge on any atom is -0.496 e. The maximum absolute atomic E-state index is 12.1. The van der Waals surface area contributed by atoms with Gasteiger partial charge >= 0.3 is 6.09 Å². The maximum atomic E-state index is 12.1. The molecule has 0 bridgehead atoms. The van der Waals surface area contributed by atoms with Crippen molar-refractivity contribution in [3.05, 3.63) is 29.8 Å². The Morgan fingerprint density at radius 2 is 1.77 bits per heavy atom. The molecule has 1 amide bonds. The first-order valence-electron chi connectivity index (χ1n) is 8.95. The predicted molar refractivity (Wildman–Crippen MR) is 103 cm³/mol. The van der Waals surface area contributed by atoms with Crippen molar-refractivity contribution in [3.8, 4) is 5.75 Å². The largest absolute Gasteiger partial charge is 0.496 e. The first-order chi connectivity index (χ1) is 12.3. The molecule has 0 spiro atoms. The van der Waals surface area contributed by atoms with E-state index >= 15 is 0 Å². The number of guanidine groups is 1. The van der Waals surface area contributed by atoms with Crippen molar-refractivity contribution in [2.75, 3.05) is 39.8 Å². The summed E-state index contributed by atoms with van der Waals surface area (Å²) in [7, 11) is 1.67. The fraction of sp³-hybridized carbons (Fsp3) is 0.579. The third-order valence-corrected chi connectivity index (χ3v) is 4.10. The summed E-state index contributed by atoms with van der Waals surface area (Å²) in [6, 6.07) is 7.91. The number of piperazine rings is 1. The quantitative estimate of drug-likeness (QED) is 0.655. The maximum Gasteiger partial charge on any atom is 0.410 e. The number of rotatable bonds is 4. The van der Waals surface area contributed by atoms with Crippen LogP contribution in [0.5, 0.6) is 5.75 Å². The summed E-state index contributed by atoms with van der Waals surface area (Å²) >= 11 is 0. The predicted octanol–water partition coefficient (Wildman–Crippen LogP) is 2.11. The third-order valence-electron chi connectivity index (χ3n) is 4.10. The summed E-state index contributed by atoms with van der Waals surface area (Å²) in [6.45, 7) is 8.68. The van der Waals surface area contributed by atoms with Crippen molar-refractivity contribution in [2.45, 2.75) is 32.8 Å². The number of amides is 1. The van der Waals surface area contributed by atoms with Crippen molar-refractivity contribution < 1.29 is 14.3 Å². The SMILES string of the molecule is COc1ccccc1CCN=C(N)N1CCN(C(=O)OC(C)(C)C)CC1. The van der Waals surface area contributed by atoms with Gasteiger partial charge in [-0.3, -0.25) is 4.99 Å². The number of methoxy groups -OCH3 is 1. The molecule has 0 unspecified atom stereocenters. The number of benzene rings is 1. The molecule has 2 N–H and O–H groups in total. The Kier molecular flexibility index (Phi) is 6.71. The zero-order valence-electron chi connectivity index (χ0n) is 16.2. The number of nitrogens with two attached hydrogens (primary N) is 1. The van der Waals surface area contributed by atoms with Crippen LogP contribution in [0.1, 0.15) is 26.3 Å². The Morgan fingerprint density at radius 3 is 2.38 bits per heavy atom. The number of ether oxygens (including phenoxy) is 2. The number of para-hydroxylation sites is 1.